The second-order valence-corrected chi connectivity index (χ2v) is 8.86. The number of likely N-dealkylation sites (tertiary alicyclic amines) is 1. The first-order chi connectivity index (χ1) is 15.5. The number of aryl methyl sites for hydroxylation is 3. The molecule has 2 aliphatic heterocycles. The number of fused-ring (bicyclic) bond motifs is 1. The lowest BCUT2D eigenvalue weighted by Gasteiger charge is -2.32. The molecule has 0 aromatic carbocycles. The largest absolute Gasteiger partial charge is 0.444 e. The minimum atomic E-state index is 0. The summed E-state index contributed by atoms with van der Waals surface area (Å²) >= 11 is 0. The maximum absolute atomic E-state index is 5.74. The van der Waals surface area contributed by atoms with Gasteiger partial charge < -0.3 is 19.8 Å². The first-order valence-electron chi connectivity index (χ1n) is 11.6. The van der Waals surface area contributed by atoms with Gasteiger partial charge in [-0.15, -0.1) is 24.0 Å². The van der Waals surface area contributed by atoms with Gasteiger partial charge in [-0.25, -0.2) is 14.6 Å². The van der Waals surface area contributed by atoms with E-state index in [0.29, 0.717) is 18.6 Å². The zero-order valence-corrected chi connectivity index (χ0v) is 22.5. The first-order valence-corrected chi connectivity index (χ1v) is 11.6. The third kappa shape index (κ3) is 6.89. The van der Waals surface area contributed by atoms with Gasteiger partial charge in [0.05, 0.1) is 18.8 Å². The van der Waals surface area contributed by atoms with Crippen LogP contribution in [-0.4, -0.2) is 70.4 Å². The van der Waals surface area contributed by atoms with Gasteiger partial charge in [-0.2, -0.15) is 5.10 Å². The maximum Gasteiger partial charge on any atom is 0.208 e. The predicted octanol–water partition coefficient (Wildman–Crippen LogP) is 2.04. The number of nitrogens with zero attached hydrogens (tertiary/aromatic N) is 6. The number of piperidine rings is 1. The Balaban J connectivity index is 0.00000306. The number of hydrogen-bond donors (Lipinski definition) is 2. The highest BCUT2D eigenvalue weighted by Crippen LogP contribution is 2.19. The molecule has 2 aromatic rings. The molecular weight excluding hydrogens is 535 g/mol. The van der Waals surface area contributed by atoms with Crippen molar-refractivity contribution in [1.29, 1.82) is 0 Å². The number of ether oxygens (including phenoxy) is 1. The normalized spacial score (nSPS) is 19.8. The molecule has 1 saturated heterocycles. The Morgan fingerprint density at radius 3 is 2.67 bits per heavy atom. The second-order valence-electron chi connectivity index (χ2n) is 8.86. The van der Waals surface area contributed by atoms with Crippen LogP contribution in [0, 0.1) is 19.8 Å². The summed E-state index contributed by atoms with van der Waals surface area (Å²) < 4.78 is 12.9. The van der Waals surface area contributed by atoms with Gasteiger partial charge in [-0.3, -0.25) is 9.89 Å². The SMILES string of the molecule is CN=C(NCC1CCN(Cc2nc(C)c(C)o2)CC1)NC1CCc2nc(COC)nn2C1.I. The monoisotopic (exact) mass is 572 g/mol. The Kier molecular flexibility index (Phi) is 9.50. The summed E-state index contributed by atoms with van der Waals surface area (Å²) in [5, 5.41) is 11.7. The van der Waals surface area contributed by atoms with Crippen LogP contribution in [0.15, 0.2) is 9.41 Å². The molecule has 2 aliphatic rings. The fraction of sp³-hybridized carbons (Fsp3) is 0.727. The van der Waals surface area contributed by atoms with Crippen LogP contribution in [0.1, 0.15) is 48.3 Å². The number of oxazole rings is 1. The van der Waals surface area contributed by atoms with Gasteiger partial charge in [-0.1, -0.05) is 0 Å². The van der Waals surface area contributed by atoms with E-state index in [1.165, 1.54) is 0 Å². The highest BCUT2D eigenvalue weighted by molar-refractivity contribution is 14.0. The molecule has 184 valence electrons. The van der Waals surface area contributed by atoms with Crippen molar-refractivity contribution in [1.82, 2.24) is 35.3 Å². The van der Waals surface area contributed by atoms with Crippen LogP contribution in [0.2, 0.25) is 0 Å². The van der Waals surface area contributed by atoms with Crippen LogP contribution >= 0.6 is 24.0 Å². The van der Waals surface area contributed by atoms with Crippen molar-refractivity contribution in [2.75, 3.05) is 33.8 Å². The molecule has 0 aliphatic carbocycles. The summed E-state index contributed by atoms with van der Waals surface area (Å²) in [6.45, 7) is 9.10. The highest BCUT2D eigenvalue weighted by atomic mass is 127. The Morgan fingerprint density at radius 2 is 2.00 bits per heavy atom. The lowest BCUT2D eigenvalue weighted by molar-refractivity contribution is 0.164. The number of guanidine groups is 1. The molecule has 2 aromatic heterocycles. The minimum Gasteiger partial charge on any atom is -0.444 e. The number of halogens is 1. The number of hydrogen-bond acceptors (Lipinski definition) is 7. The van der Waals surface area contributed by atoms with Crippen LogP contribution in [0.4, 0.5) is 0 Å². The molecule has 10 nitrogen and oxygen atoms in total. The van der Waals surface area contributed by atoms with E-state index >= 15 is 0 Å². The fourth-order valence-corrected chi connectivity index (χ4v) is 4.44. The van der Waals surface area contributed by atoms with E-state index in [0.717, 1.165) is 93.4 Å². The zero-order chi connectivity index (χ0) is 22.5. The van der Waals surface area contributed by atoms with E-state index in [-0.39, 0.29) is 24.0 Å². The van der Waals surface area contributed by atoms with Crippen molar-refractivity contribution in [2.45, 2.75) is 65.3 Å². The summed E-state index contributed by atoms with van der Waals surface area (Å²) in [7, 11) is 3.50. The molecule has 0 radical (unpaired) electrons. The van der Waals surface area contributed by atoms with Gasteiger partial charge in [0.15, 0.2) is 11.8 Å². The van der Waals surface area contributed by atoms with Crippen molar-refractivity contribution in [3.63, 3.8) is 0 Å². The van der Waals surface area contributed by atoms with E-state index in [1.807, 2.05) is 25.6 Å². The quantitative estimate of drug-likeness (QED) is 0.295. The van der Waals surface area contributed by atoms with Gasteiger partial charge in [0.1, 0.15) is 18.2 Å². The van der Waals surface area contributed by atoms with E-state index in [2.05, 4.69) is 35.6 Å². The lowest BCUT2D eigenvalue weighted by Crippen LogP contribution is -2.48. The molecule has 1 fully saturated rings. The lowest BCUT2D eigenvalue weighted by atomic mass is 9.97. The zero-order valence-electron chi connectivity index (χ0n) is 20.1. The van der Waals surface area contributed by atoms with E-state index < -0.39 is 0 Å². The topological polar surface area (TPSA) is 106 Å². The number of nitrogens with one attached hydrogen (secondary N) is 2. The van der Waals surface area contributed by atoms with Gasteiger partial charge in [0, 0.05) is 33.2 Å². The Labute approximate surface area is 213 Å². The van der Waals surface area contributed by atoms with E-state index in [1.54, 1.807) is 7.11 Å². The molecular formula is C22H37IN8O2. The van der Waals surface area contributed by atoms with Crippen molar-refractivity contribution >= 4 is 29.9 Å². The number of aromatic nitrogens is 4. The van der Waals surface area contributed by atoms with Crippen molar-refractivity contribution < 1.29 is 9.15 Å². The van der Waals surface area contributed by atoms with E-state index in [4.69, 9.17) is 9.15 Å². The summed E-state index contributed by atoms with van der Waals surface area (Å²) in [6.07, 6.45) is 4.25. The van der Waals surface area contributed by atoms with Crippen LogP contribution in [0.25, 0.3) is 0 Å². The molecule has 4 heterocycles. The molecule has 2 N–H and O–H groups in total. The standard InChI is InChI=1S/C22H36N8O2.HI/c1-15-16(2)32-21(25-15)13-29-9-7-17(8-10-29)11-24-22(23-3)26-18-5-6-20-27-19(14-31-4)28-30(20)12-18;/h17-18H,5-14H2,1-4H3,(H2,23,24,26);1H. The molecule has 11 heteroatoms. The summed E-state index contributed by atoms with van der Waals surface area (Å²) in [6, 6.07) is 0.292. The number of methoxy groups -OCH3 is 1. The fourth-order valence-electron chi connectivity index (χ4n) is 4.44. The summed E-state index contributed by atoms with van der Waals surface area (Å²) in [5.74, 6) is 5.06. The molecule has 0 bridgehead atoms. The Morgan fingerprint density at radius 1 is 1.21 bits per heavy atom. The molecule has 1 atom stereocenters. The van der Waals surface area contributed by atoms with Gasteiger partial charge in [0.25, 0.3) is 0 Å². The third-order valence-corrected chi connectivity index (χ3v) is 6.44. The summed E-state index contributed by atoms with van der Waals surface area (Å²) in [4.78, 5) is 15.9. The minimum absolute atomic E-state index is 0. The predicted molar refractivity (Wildman–Crippen MR) is 137 cm³/mol. The van der Waals surface area contributed by atoms with Crippen LogP contribution in [0.5, 0.6) is 0 Å². The molecule has 0 spiro atoms. The smallest absolute Gasteiger partial charge is 0.208 e. The maximum atomic E-state index is 5.74. The third-order valence-electron chi connectivity index (χ3n) is 6.44. The average Bonchev–Trinajstić information content (AvgIpc) is 3.33. The van der Waals surface area contributed by atoms with E-state index in [9.17, 15) is 0 Å². The van der Waals surface area contributed by atoms with Gasteiger partial charge >= 0.3 is 0 Å². The highest BCUT2D eigenvalue weighted by Gasteiger charge is 2.24. The molecule has 0 amide bonds. The van der Waals surface area contributed by atoms with Crippen molar-refractivity contribution in [3.05, 3.63) is 29.0 Å². The first kappa shape index (κ1) is 25.9. The molecule has 33 heavy (non-hydrogen) atoms. The van der Waals surface area contributed by atoms with Crippen molar-refractivity contribution in [3.8, 4) is 0 Å². The van der Waals surface area contributed by atoms with Crippen LogP contribution < -0.4 is 10.6 Å². The summed E-state index contributed by atoms with van der Waals surface area (Å²) in [5.41, 5.74) is 0.992. The second kappa shape index (κ2) is 12.1. The van der Waals surface area contributed by atoms with Crippen molar-refractivity contribution in [2.24, 2.45) is 10.9 Å². The number of rotatable bonds is 7. The van der Waals surface area contributed by atoms with Crippen LogP contribution in [-0.2, 0) is 30.9 Å². The molecule has 4 rings (SSSR count). The molecule has 0 saturated carbocycles. The number of aliphatic imine (C=N–C) groups is 1. The van der Waals surface area contributed by atoms with Crippen LogP contribution in [0.3, 0.4) is 0 Å². The van der Waals surface area contributed by atoms with Gasteiger partial charge in [-0.05, 0) is 52.1 Å². The van der Waals surface area contributed by atoms with Gasteiger partial charge in [0.2, 0.25) is 5.89 Å². The Bertz CT molecular complexity index is 900. The average molecular weight is 572 g/mol. The molecule has 1 unspecified atom stereocenters. The Hall–Kier alpha value is -1.73.